The average molecular weight is 275 g/mol. The van der Waals surface area contributed by atoms with Crippen molar-refractivity contribution in [2.24, 2.45) is 0 Å². The van der Waals surface area contributed by atoms with E-state index in [1.807, 2.05) is 0 Å². The van der Waals surface area contributed by atoms with Crippen LogP contribution in [0.4, 0.5) is 0 Å². The minimum Gasteiger partial charge on any atom is -0.480 e. The van der Waals surface area contributed by atoms with E-state index in [1.165, 1.54) is 16.6 Å². The monoisotopic (exact) mass is 275 g/mol. The Hall–Kier alpha value is -1.45. The number of nitrogens with one attached hydrogen (secondary N) is 1. The molecule has 0 amide bonds. The third-order valence-electron chi connectivity index (χ3n) is 2.66. The summed E-state index contributed by atoms with van der Waals surface area (Å²) in [6.45, 7) is 1.49. The number of nitrogens with zero attached hydrogens (tertiary/aromatic N) is 2. The molecule has 100 valence electrons. The van der Waals surface area contributed by atoms with Crippen molar-refractivity contribution in [3.05, 3.63) is 12.3 Å². The molecule has 0 spiro atoms. The Morgan fingerprint density at radius 2 is 2.33 bits per heavy atom. The zero-order chi connectivity index (χ0) is 13.4. The fourth-order valence-corrected chi connectivity index (χ4v) is 3.29. The molecule has 18 heavy (non-hydrogen) atoms. The van der Waals surface area contributed by atoms with Gasteiger partial charge in [0.25, 0.3) is 10.0 Å². The molecule has 1 fully saturated rings. The van der Waals surface area contributed by atoms with Crippen LogP contribution >= 0.6 is 0 Å². The van der Waals surface area contributed by atoms with Crippen molar-refractivity contribution < 1.29 is 23.1 Å². The highest BCUT2D eigenvalue weighted by atomic mass is 32.2. The average Bonchev–Trinajstić information content (AvgIpc) is 2.76. The third-order valence-corrected chi connectivity index (χ3v) is 4.38. The number of aromatic nitrogens is 2. The Kier molecular flexibility index (Phi) is 3.13. The van der Waals surface area contributed by atoms with Gasteiger partial charge in [0.05, 0.1) is 11.8 Å². The molecule has 1 aromatic heterocycles. The topological polar surface area (TPSA) is 113 Å². The van der Waals surface area contributed by atoms with Crippen LogP contribution in [0.3, 0.4) is 0 Å². The zero-order valence-electron chi connectivity index (χ0n) is 9.66. The quantitative estimate of drug-likeness (QED) is 0.733. The van der Waals surface area contributed by atoms with Gasteiger partial charge in [-0.2, -0.15) is 9.40 Å². The maximum atomic E-state index is 12.0. The lowest BCUT2D eigenvalue weighted by Crippen LogP contribution is -2.63. The van der Waals surface area contributed by atoms with E-state index < -0.39 is 28.2 Å². The zero-order valence-corrected chi connectivity index (χ0v) is 10.5. The number of rotatable bonds is 5. The fourth-order valence-electron chi connectivity index (χ4n) is 1.72. The van der Waals surface area contributed by atoms with Crippen LogP contribution in [-0.2, 0) is 19.6 Å². The highest BCUT2D eigenvalue weighted by Gasteiger charge is 2.46. The predicted octanol–water partition coefficient (Wildman–Crippen LogP) is -0.726. The molecule has 2 rings (SSSR count). The highest BCUT2D eigenvalue weighted by molar-refractivity contribution is 7.89. The van der Waals surface area contributed by atoms with E-state index in [9.17, 15) is 13.2 Å². The summed E-state index contributed by atoms with van der Waals surface area (Å²) in [6, 6.07) is 1.36. The lowest BCUT2D eigenvalue weighted by Gasteiger charge is -2.45. The second kappa shape index (κ2) is 4.34. The second-order valence-electron chi connectivity index (χ2n) is 4.33. The van der Waals surface area contributed by atoms with E-state index in [4.69, 9.17) is 9.84 Å². The number of H-pyrrole nitrogens is 1. The molecule has 9 heteroatoms. The molecule has 0 aliphatic carbocycles. The lowest BCUT2D eigenvalue weighted by molar-refractivity contribution is -0.157. The number of carboxylic acid groups (broad SMARTS) is 1. The van der Waals surface area contributed by atoms with Crippen LogP contribution in [0.15, 0.2) is 17.3 Å². The van der Waals surface area contributed by atoms with Gasteiger partial charge in [0.1, 0.15) is 6.61 Å². The van der Waals surface area contributed by atoms with Crippen LogP contribution in [-0.4, -0.2) is 59.3 Å². The molecule has 0 radical (unpaired) electrons. The summed E-state index contributed by atoms with van der Waals surface area (Å²) in [4.78, 5) is 10.4. The lowest BCUT2D eigenvalue weighted by atomic mass is 10.0. The summed E-state index contributed by atoms with van der Waals surface area (Å²) >= 11 is 0. The van der Waals surface area contributed by atoms with E-state index in [0.29, 0.717) is 0 Å². The maximum absolute atomic E-state index is 12.0. The van der Waals surface area contributed by atoms with Crippen molar-refractivity contribution in [2.45, 2.75) is 17.6 Å². The van der Waals surface area contributed by atoms with E-state index in [-0.39, 0.29) is 18.1 Å². The molecule has 0 aromatic carbocycles. The highest BCUT2D eigenvalue weighted by Crippen LogP contribution is 2.29. The van der Waals surface area contributed by atoms with Gasteiger partial charge >= 0.3 is 5.97 Å². The van der Waals surface area contributed by atoms with Crippen LogP contribution < -0.4 is 0 Å². The first kappa shape index (κ1) is 13.0. The summed E-state index contributed by atoms with van der Waals surface area (Å²) in [5.74, 6) is -1.08. The molecule has 2 heterocycles. The van der Waals surface area contributed by atoms with Crippen molar-refractivity contribution in [2.75, 3.05) is 19.7 Å². The van der Waals surface area contributed by atoms with Crippen molar-refractivity contribution in [3.63, 3.8) is 0 Å². The van der Waals surface area contributed by atoms with Crippen LogP contribution in [0.5, 0.6) is 0 Å². The van der Waals surface area contributed by atoms with Crippen molar-refractivity contribution in [3.8, 4) is 0 Å². The van der Waals surface area contributed by atoms with Crippen LogP contribution in [0.2, 0.25) is 0 Å². The molecule has 1 saturated heterocycles. The molecule has 1 aromatic rings. The molecule has 0 bridgehead atoms. The summed E-state index contributed by atoms with van der Waals surface area (Å²) in [5, 5.41) is 14.5. The van der Waals surface area contributed by atoms with Gasteiger partial charge in [-0.05, 0) is 13.0 Å². The van der Waals surface area contributed by atoms with Gasteiger partial charge in [-0.15, -0.1) is 0 Å². The van der Waals surface area contributed by atoms with Gasteiger partial charge in [-0.3, -0.25) is 5.10 Å². The van der Waals surface area contributed by atoms with Crippen LogP contribution in [0, 0.1) is 0 Å². The van der Waals surface area contributed by atoms with Gasteiger partial charge in [-0.1, -0.05) is 0 Å². The Balaban J connectivity index is 1.98. The Labute approximate surface area is 104 Å². The number of ether oxygens (including phenoxy) is 1. The number of aliphatic carboxylic acids is 1. The number of aromatic amines is 1. The fraction of sp³-hybridized carbons (Fsp3) is 0.556. The van der Waals surface area contributed by atoms with Crippen molar-refractivity contribution in [1.29, 1.82) is 0 Å². The molecule has 8 nitrogen and oxygen atoms in total. The molecular formula is C9H13N3O5S. The first-order valence-corrected chi connectivity index (χ1v) is 6.63. The minimum absolute atomic E-state index is 0.0165. The first-order chi connectivity index (χ1) is 8.33. The Morgan fingerprint density at radius 3 is 2.83 bits per heavy atom. The van der Waals surface area contributed by atoms with Gasteiger partial charge in [0.2, 0.25) is 0 Å². The van der Waals surface area contributed by atoms with E-state index in [2.05, 4.69) is 10.2 Å². The third kappa shape index (κ3) is 2.37. The standard InChI is InChI=1S/C9H13N3O5S/c1-9(17-4-8(13)14)5-12(6-9)18(15,16)7-2-3-10-11-7/h2-3H,4-6H2,1H3,(H,10,11)(H,13,14). The number of carboxylic acids is 1. The largest absolute Gasteiger partial charge is 0.480 e. The van der Waals surface area contributed by atoms with E-state index in [0.717, 1.165) is 0 Å². The van der Waals surface area contributed by atoms with Crippen molar-refractivity contribution in [1.82, 2.24) is 14.5 Å². The van der Waals surface area contributed by atoms with E-state index >= 15 is 0 Å². The minimum atomic E-state index is -3.58. The van der Waals surface area contributed by atoms with Crippen LogP contribution in [0.1, 0.15) is 6.92 Å². The smallest absolute Gasteiger partial charge is 0.329 e. The Morgan fingerprint density at radius 1 is 1.67 bits per heavy atom. The maximum Gasteiger partial charge on any atom is 0.329 e. The molecule has 0 atom stereocenters. The molecular weight excluding hydrogens is 262 g/mol. The summed E-state index contributed by atoms with van der Waals surface area (Å²) in [5.41, 5.74) is -0.745. The van der Waals surface area contributed by atoms with Gasteiger partial charge < -0.3 is 9.84 Å². The van der Waals surface area contributed by atoms with E-state index in [1.54, 1.807) is 6.92 Å². The number of hydrogen-bond donors (Lipinski definition) is 2. The van der Waals surface area contributed by atoms with Crippen molar-refractivity contribution >= 4 is 16.0 Å². The molecule has 0 unspecified atom stereocenters. The number of sulfonamides is 1. The number of carbonyl (C=O) groups is 1. The molecule has 2 N–H and O–H groups in total. The van der Waals surface area contributed by atoms with Gasteiger partial charge in [0, 0.05) is 13.1 Å². The second-order valence-corrected chi connectivity index (χ2v) is 6.23. The number of hydrogen-bond acceptors (Lipinski definition) is 5. The van der Waals surface area contributed by atoms with Gasteiger partial charge in [-0.25, -0.2) is 13.2 Å². The summed E-state index contributed by atoms with van der Waals surface area (Å²) in [6.07, 6.45) is 1.35. The molecule has 0 saturated carbocycles. The predicted molar refractivity (Wildman–Crippen MR) is 59.3 cm³/mol. The molecule has 1 aliphatic heterocycles. The molecule has 1 aliphatic rings. The van der Waals surface area contributed by atoms with Gasteiger partial charge in [0.15, 0.2) is 5.03 Å². The SMILES string of the molecule is CC1(OCC(=O)O)CN(S(=O)(=O)c2ccn[nH]2)C1. The first-order valence-electron chi connectivity index (χ1n) is 5.19. The Bertz CT molecular complexity index is 533. The summed E-state index contributed by atoms with van der Waals surface area (Å²) < 4.78 is 30.3. The van der Waals surface area contributed by atoms with Crippen LogP contribution in [0.25, 0.3) is 0 Å². The normalized spacial score (nSPS) is 19.4. The summed E-state index contributed by atoms with van der Waals surface area (Å²) in [7, 11) is -3.58.